The zero-order chi connectivity index (χ0) is 20.1. The van der Waals surface area contributed by atoms with Crippen LogP contribution >= 0.6 is 0 Å². The van der Waals surface area contributed by atoms with Gasteiger partial charge in [-0.05, 0) is 36.4 Å². The van der Waals surface area contributed by atoms with E-state index in [4.69, 9.17) is 5.73 Å². The number of rotatable bonds is 3. The molecule has 2 heterocycles. The summed E-state index contributed by atoms with van der Waals surface area (Å²) in [6, 6.07) is 10.9. The number of halogens is 3. The second kappa shape index (κ2) is 7.18. The minimum atomic E-state index is -4.47. The third-order valence-corrected chi connectivity index (χ3v) is 4.44. The van der Waals surface area contributed by atoms with Crippen molar-refractivity contribution in [2.75, 3.05) is 6.54 Å². The summed E-state index contributed by atoms with van der Waals surface area (Å²) in [6.45, 7) is 0.290. The number of para-hydroxylation sites is 1. The molecule has 0 amide bonds. The minimum absolute atomic E-state index is 0. The van der Waals surface area contributed by atoms with Gasteiger partial charge in [-0.2, -0.15) is 13.2 Å². The van der Waals surface area contributed by atoms with Crippen molar-refractivity contribution in [1.82, 2.24) is 14.5 Å². The minimum Gasteiger partial charge on any atom is -0.870 e. The average Bonchev–Trinajstić information content (AvgIpc) is 3.02. The number of aromatic nitrogens is 4. The summed E-state index contributed by atoms with van der Waals surface area (Å²) in [6.07, 6.45) is -4.47. The monoisotopic (exact) mass is 407 g/mol. The van der Waals surface area contributed by atoms with Crippen LogP contribution in [0.5, 0.6) is 5.88 Å². The molecule has 0 saturated carbocycles. The van der Waals surface area contributed by atoms with Crippen LogP contribution in [0.1, 0.15) is 5.56 Å². The molecule has 0 bridgehead atoms. The van der Waals surface area contributed by atoms with Gasteiger partial charge in [0, 0.05) is 11.8 Å². The molecule has 152 valence electrons. The van der Waals surface area contributed by atoms with Crippen molar-refractivity contribution in [3.63, 3.8) is 0 Å². The highest BCUT2D eigenvalue weighted by molar-refractivity contribution is 5.76. The Hall–Kier alpha value is -3.44. The van der Waals surface area contributed by atoms with Crippen LogP contribution in [0.15, 0.2) is 53.3 Å². The van der Waals surface area contributed by atoms with Crippen molar-refractivity contribution in [3.05, 3.63) is 64.4 Å². The van der Waals surface area contributed by atoms with E-state index in [2.05, 4.69) is 5.21 Å². The predicted molar refractivity (Wildman–Crippen MR) is 96.1 cm³/mol. The third kappa shape index (κ3) is 3.19. The maximum absolute atomic E-state index is 12.8. The summed E-state index contributed by atoms with van der Waals surface area (Å²) in [5.74, 6) is -0.379. The van der Waals surface area contributed by atoms with Gasteiger partial charge in [0.25, 0.3) is 0 Å². The Morgan fingerprint density at radius 2 is 1.76 bits per heavy atom. The summed E-state index contributed by atoms with van der Waals surface area (Å²) in [5, 5.41) is 15.4. The van der Waals surface area contributed by atoms with Gasteiger partial charge in [-0.3, -0.25) is 4.79 Å². The molecule has 4 aromatic rings. The molecular weight excluding hydrogens is 391 g/mol. The van der Waals surface area contributed by atoms with Gasteiger partial charge >= 0.3 is 23.3 Å². The van der Waals surface area contributed by atoms with Crippen molar-refractivity contribution in [3.8, 4) is 11.6 Å². The molecule has 4 rings (SSSR count). The van der Waals surface area contributed by atoms with E-state index in [9.17, 15) is 23.1 Å². The van der Waals surface area contributed by atoms with Crippen molar-refractivity contribution in [2.24, 2.45) is 5.73 Å². The van der Waals surface area contributed by atoms with Gasteiger partial charge in [0.1, 0.15) is 11.2 Å². The quantitative estimate of drug-likeness (QED) is 0.498. The van der Waals surface area contributed by atoms with Crippen LogP contribution in [0.4, 0.5) is 13.2 Å². The fraction of sp³-hybridized carbons (Fsp3) is 0.167. The first-order valence-corrected chi connectivity index (χ1v) is 8.36. The van der Waals surface area contributed by atoms with E-state index in [1.165, 1.54) is 21.2 Å². The van der Waals surface area contributed by atoms with Crippen LogP contribution in [0.25, 0.3) is 22.2 Å². The van der Waals surface area contributed by atoms with Crippen LogP contribution in [-0.4, -0.2) is 31.6 Å². The Morgan fingerprint density at radius 3 is 2.38 bits per heavy atom. The summed E-state index contributed by atoms with van der Waals surface area (Å²) in [7, 11) is 0. The van der Waals surface area contributed by atoms with Gasteiger partial charge in [-0.25, -0.2) is 4.57 Å². The first kappa shape index (κ1) is 20.3. The molecule has 11 heteroatoms. The third-order valence-electron chi connectivity index (χ3n) is 4.44. The van der Waals surface area contributed by atoms with Crippen LogP contribution < -0.4 is 15.8 Å². The molecule has 2 aromatic heterocycles. The highest BCUT2D eigenvalue weighted by Gasteiger charge is 2.31. The van der Waals surface area contributed by atoms with Gasteiger partial charge in [-0.15, -0.1) is 0 Å². The summed E-state index contributed by atoms with van der Waals surface area (Å²) in [5.41, 5.74) is 5.22. The van der Waals surface area contributed by atoms with Gasteiger partial charge in [0.05, 0.1) is 17.5 Å². The number of aromatic hydroxyl groups is 1. The number of nitrogens with two attached hydrogens (primary N) is 1. The van der Waals surface area contributed by atoms with Gasteiger partial charge < -0.3 is 16.3 Å². The molecule has 2 aromatic carbocycles. The number of nitrogens with zero attached hydrogens (tertiary/aromatic N) is 4. The lowest BCUT2D eigenvalue weighted by Crippen LogP contribution is -2.36. The number of fused-ring (bicyclic) bond motifs is 3. The molecule has 0 spiro atoms. The first-order chi connectivity index (χ1) is 13.3. The Labute approximate surface area is 161 Å². The molecule has 0 fully saturated rings. The van der Waals surface area contributed by atoms with Crippen molar-refractivity contribution >= 4 is 16.6 Å². The molecule has 0 aliphatic carbocycles. The molecule has 29 heavy (non-hydrogen) atoms. The summed E-state index contributed by atoms with van der Waals surface area (Å²) >= 11 is 0. The van der Waals surface area contributed by atoms with Crippen molar-refractivity contribution in [1.29, 1.82) is 0 Å². The second-order valence-corrected chi connectivity index (χ2v) is 6.17. The largest absolute Gasteiger partial charge is 0.870 e. The highest BCUT2D eigenvalue weighted by atomic mass is 19.4. The van der Waals surface area contributed by atoms with E-state index in [1.54, 1.807) is 24.3 Å². The maximum Gasteiger partial charge on any atom is 0.416 e. The standard InChI is InChI=1S/C18H14F3N5O2.H2O/c19-18(20,21)11-5-7-12(8-6-11)25-17(28)15-24(10-9-22)16(27)13-3-1-2-4-14(13)26(15)23-25;/h1-8H,9-10,22H2;1H2. The maximum atomic E-state index is 12.8. The van der Waals surface area contributed by atoms with Gasteiger partial charge in [0.15, 0.2) is 0 Å². The van der Waals surface area contributed by atoms with Crippen LogP contribution in [0, 0.1) is 0 Å². The Kier molecular flexibility index (Phi) is 5.03. The normalized spacial score (nSPS) is 11.7. The molecule has 0 saturated heterocycles. The van der Waals surface area contributed by atoms with E-state index in [0.717, 1.165) is 16.8 Å². The van der Waals surface area contributed by atoms with E-state index in [-0.39, 0.29) is 41.3 Å². The lowest BCUT2D eigenvalue weighted by atomic mass is 10.2. The predicted octanol–water partition coefficient (Wildman–Crippen LogP) is 1.43. The topological polar surface area (TPSA) is 120 Å². The number of hydrogen-bond donors (Lipinski definition) is 2. The van der Waals surface area contributed by atoms with E-state index >= 15 is 0 Å². The Bertz CT molecular complexity index is 1250. The molecular formula is C18H16F3N5O3. The van der Waals surface area contributed by atoms with E-state index in [0.29, 0.717) is 10.9 Å². The van der Waals surface area contributed by atoms with Crippen molar-refractivity contribution in [2.45, 2.75) is 12.7 Å². The average molecular weight is 407 g/mol. The number of hydrogen-bond acceptors (Lipinski definition) is 5. The molecule has 0 aliphatic rings. The summed E-state index contributed by atoms with van der Waals surface area (Å²) < 4.78 is 42.1. The SMILES string of the molecule is NCCn1c(=O)c2ccccc2[n+]2nn(-c3ccc(C(F)(F)F)cc3)c(O)c12.[OH-]. The fourth-order valence-corrected chi connectivity index (χ4v) is 3.14. The molecule has 8 nitrogen and oxygen atoms in total. The lowest BCUT2D eigenvalue weighted by molar-refractivity contribution is -0.559. The zero-order valence-electron chi connectivity index (χ0n) is 14.8. The zero-order valence-corrected chi connectivity index (χ0v) is 14.8. The van der Waals surface area contributed by atoms with E-state index in [1.807, 2.05) is 0 Å². The molecule has 0 aliphatic heterocycles. The lowest BCUT2D eigenvalue weighted by Gasteiger charge is -2.06. The molecule has 4 N–H and O–H groups in total. The van der Waals surface area contributed by atoms with Crippen molar-refractivity contribution < 1.29 is 28.3 Å². The molecule has 0 atom stereocenters. The Morgan fingerprint density at radius 1 is 1.10 bits per heavy atom. The van der Waals surface area contributed by atoms with E-state index < -0.39 is 11.7 Å². The highest BCUT2D eigenvalue weighted by Crippen LogP contribution is 2.30. The van der Waals surface area contributed by atoms with Crippen LogP contribution in [-0.2, 0) is 12.7 Å². The second-order valence-electron chi connectivity index (χ2n) is 6.17. The van der Waals surface area contributed by atoms with Crippen LogP contribution in [0.3, 0.4) is 0 Å². The smallest absolute Gasteiger partial charge is 0.416 e. The first-order valence-electron chi connectivity index (χ1n) is 8.36. The number of benzene rings is 2. The fourth-order valence-electron chi connectivity index (χ4n) is 3.14. The van der Waals surface area contributed by atoms with Gasteiger partial charge in [-0.1, -0.05) is 21.3 Å². The number of alkyl halides is 3. The summed E-state index contributed by atoms with van der Waals surface area (Å²) in [4.78, 5) is 12.8. The molecule has 0 radical (unpaired) electrons. The molecule has 0 unspecified atom stereocenters. The van der Waals surface area contributed by atoms with Crippen LogP contribution in [0.2, 0.25) is 0 Å². The van der Waals surface area contributed by atoms with Gasteiger partial charge in [0.2, 0.25) is 0 Å². The Balaban J connectivity index is 0.00000240.